The number of hydrogen-bond donors (Lipinski definition) is 0. The summed E-state index contributed by atoms with van der Waals surface area (Å²) in [4.78, 5) is 6.89. The quantitative estimate of drug-likeness (QED) is 0.612. The van der Waals surface area contributed by atoms with E-state index in [9.17, 15) is 8.42 Å². The van der Waals surface area contributed by atoms with Gasteiger partial charge in [-0.25, -0.2) is 18.4 Å². The summed E-state index contributed by atoms with van der Waals surface area (Å²) in [6.45, 7) is 0. The van der Waals surface area contributed by atoms with E-state index in [4.69, 9.17) is 15.9 Å². The van der Waals surface area contributed by atoms with E-state index in [1.54, 1.807) is 6.07 Å². The van der Waals surface area contributed by atoms with Crippen molar-refractivity contribution in [3.05, 3.63) is 18.1 Å². The maximum Gasteiger partial charge on any atom is 0.281 e. The zero-order chi connectivity index (χ0) is 9.19. The van der Waals surface area contributed by atoms with Crippen LogP contribution < -0.4 is 0 Å². The SMILES string of the molecule is N#Cc1nccnc1S(=O)(=O)Cl. The second-order valence-corrected chi connectivity index (χ2v) is 4.24. The van der Waals surface area contributed by atoms with Crippen LogP contribution in [0.1, 0.15) is 5.69 Å². The molecule has 0 bridgehead atoms. The summed E-state index contributed by atoms with van der Waals surface area (Å²) in [6, 6.07) is 1.56. The van der Waals surface area contributed by atoms with Crippen LogP contribution in [0.4, 0.5) is 0 Å². The molecule has 0 radical (unpaired) electrons. The van der Waals surface area contributed by atoms with E-state index in [0.717, 1.165) is 6.20 Å². The summed E-state index contributed by atoms with van der Waals surface area (Å²) in [7, 11) is 0.992. The molecule has 1 aromatic rings. The molecule has 0 aliphatic heterocycles. The maximum atomic E-state index is 10.7. The molecule has 0 aliphatic carbocycles. The zero-order valence-corrected chi connectivity index (χ0v) is 7.17. The molecule has 0 aliphatic rings. The largest absolute Gasteiger partial charge is 0.281 e. The Hall–Kier alpha value is -1.19. The summed E-state index contributed by atoms with van der Waals surface area (Å²) in [6.07, 6.45) is 2.36. The van der Waals surface area contributed by atoms with Crippen LogP contribution in [-0.4, -0.2) is 18.4 Å². The molecule has 0 N–H and O–H groups in total. The van der Waals surface area contributed by atoms with Crippen molar-refractivity contribution in [3.63, 3.8) is 0 Å². The first-order valence-corrected chi connectivity index (χ1v) is 5.02. The van der Waals surface area contributed by atoms with Crippen LogP contribution in [0.3, 0.4) is 0 Å². The van der Waals surface area contributed by atoms with Crippen molar-refractivity contribution < 1.29 is 8.42 Å². The molecule has 0 saturated carbocycles. The van der Waals surface area contributed by atoms with Gasteiger partial charge in [0.25, 0.3) is 9.05 Å². The molecular weight excluding hydrogens is 202 g/mol. The van der Waals surface area contributed by atoms with Crippen molar-refractivity contribution in [1.82, 2.24) is 9.97 Å². The Labute approximate surface area is 73.1 Å². The summed E-state index contributed by atoms with van der Waals surface area (Å²) in [5.74, 6) is 0. The normalized spacial score (nSPS) is 10.7. The van der Waals surface area contributed by atoms with Gasteiger partial charge in [-0.05, 0) is 0 Å². The number of aromatic nitrogens is 2. The van der Waals surface area contributed by atoms with E-state index in [1.807, 2.05) is 0 Å². The van der Waals surface area contributed by atoms with E-state index in [1.165, 1.54) is 6.20 Å². The third kappa shape index (κ3) is 1.69. The fraction of sp³-hybridized carbons (Fsp3) is 0. The molecule has 62 valence electrons. The van der Waals surface area contributed by atoms with Gasteiger partial charge < -0.3 is 0 Å². The predicted octanol–water partition coefficient (Wildman–Crippen LogP) is 0.276. The summed E-state index contributed by atoms with van der Waals surface area (Å²) >= 11 is 0. The van der Waals surface area contributed by atoms with Crippen LogP contribution in [0.25, 0.3) is 0 Å². The summed E-state index contributed by atoms with van der Waals surface area (Å²) in [5, 5.41) is 7.90. The smallest absolute Gasteiger partial charge is 0.241 e. The van der Waals surface area contributed by atoms with Crippen molar-refractivity contribution in [1.29, 1.82) is 5.26 Å². The van der Waals surface area contributed by atoms with E-state index in [2.05, 4.69) is 9.97 Å². The number of hydrogen-bond acceptors (Lipinski definition) is 5. The van der Waals surface area contributed by atoms with Crippen LogP contribution in [0.5, 0.6) is 0 Å². The first kappa shape index (κ1) is 8.90. The van der Waals surface area contributed by atoms with Gasteiger partial charge >= 0.3 is 0 Å². The molecule has 0 unspecified atom stereocenters. The van der Waals surface area contributed by atoms with Gasteiger partial charge in [-0.15, -0.1) is 0 Å². The van der Waals surface area contributed by atoms with Crippen molar-refractivity contribution >= 4 is 19.7 Å². The minimum atomic E-state index is -3.97. The maximum absolute atomic E-state index is 10.7. The summed E-state index contributed by atoms with van der Waals surface area (Å²) in [5.41, 5.74) is -0.299. The van der Waals surface area contributed by atoms with Gasteiger partial charge in [-0.1, -0.05) is 0 Å². The van der Waals surface area contributed by atoms with E-state index < -0.39 is 14.1 Å². The van der Waals surface area contributed by atoms with Crippen molar-refractivity contribution in [2.75, 3.05) is 0 Å². The highest BCUT2D eigenvalue weighted by molar-refractivity contribution is 8.13. The highest BCUT2D eigenvalue weighted by Gasteiger charge is 2.17. The molecule has 7 heteroatoms. The second-order valence-electron chi connectivity index (χ2n) is 1.76. The molecule has 5 nitrogen and oxygen atoms in total. The molecule has 1 rings (SSSR count). The third-order valence-corrected chi connectivity index (χ3v) is 2.20. The molecule has 0 amide bonds. The Balaban J connectivity index is 3.47. The number of nitriles is 1. The minimum absolute atomic E-state index is 0.299. The molecule has 12 heavy (non-hydrogen) atoms. The lowest BCUT2D eigenvalue weighted by Gasteiger charge is -1.94. The summed E-state index contributed by atoms with van der Waals surface area (Å²) < 4.78 is 21.4. The van der Waals surface area contributed by atoms with Gasteiger partial charge in [0.05, 0.1) is 0 Å². The Morgan fingerprint density at radius 2 is 2.00 bits per heavy atom. The van der Waals surface area contributed by atoms with Crippen LogP contribution >= 0.6 is 10.7 Å². The Morgan fingerprint density at radius 1 is 1.42 bits per heavy atom. The zero-order valence-electron chi connectivity index (χ0n) is 5.60. The van der Waals surface area contributed by atoms with Gasteiger partial charge in [-0.2, -0.15) is 5.26 Å². The lowest BCUT2D eigenvalue weighted by atomic mass is 10.5. The highest BCUT2D eigenvalue weighted by Crippen LogP contribution is 2.13. The molecule has 1 heterocycles. The Bertz CT molecular complexity index is 436. The van der Waals surface area contributed by atoms with Crippen LogP contribution in [0.2, 0.25) is 0 Å². The van der Waals surface area contributed by atoms with Gasteiger partial charge in [0, 0.05) is 23.1 Å². The molecule has 1 aromatic heterocycles. The van der Waals surface area contributed by atoms with E-state index in [0.29, 0.717) is 0 Å². The molecular formula is C5H2ClN3O2S. The first-order valence-electron chi connectivity index (χ1n) is 2.71. The average Bonchev–Trinajstić information content (AvgIpc) is 2.03. The third-order valence-electron chi connectivity index (χ3n) is 1.00. The lowest BCUT2D eigenvalue weighted by Crippen LogP contribution is -2.00. The molecule has 0 aromatic carbocycles. The minimum Gasteiger partial charge on any atom is -0.241 e. The second kappa shape index (κ2) is 3.05. The number of nitrogens with zero attached hydrogens (tertiary/aromatic N) is 3. The van der Waals surface area contributed by atoms with Crippen molar-refractivity contribution in [2.45, 2.75) is 5.03 Å². The topological polar surface area (TPSA) is 83.7 Å². The number of halogens is 1. The van der Waals surface area contributed by atoms with Crippen molar-refractivity contribution in [2.24, 2.45) is 0 Å². The van der Waals surface area contributed by atoms with Gasteiger partial charge in [0.1, 0.15) is 6.07 Å². The van der Waals surface area contributed by atoms with Crippen molar-refractivity contribution in [3.8, 4) is 6.07 Å². The Morgan fingerprint density at radius 3 is 2.42 bits per heavy atom. The highest BCUT2D eigenvalue weighted by atomic mass is 35.7. The average molecular weight is 204 g/mol. The molecule has 0 atom stereocenters. The standard InChI is InChI=1S/C5H2ClN3O2S/c6-12(10,11)5-4(3-7)8-1-2-9-5/h1-2H. The molecule has 0 saturated heterocycles. The Kier molecular flexibility index (Phi) is 2.26. The van der Waals surface area contributed by atoms with E-state index in [-0.39, 0.29) is 5.69 Å². The van der Waals surface area contributed by atoms with Crippen LogP contribution in [0, 0.1) is 11.3 Å². The van der Waals surface area contributed by atoms with Crippen LogP contribution in [-0.2, 0) is 9.05 Å². The van der Waals surface area contributed by atoms with Gasteiger partial charge in [0.2, 0.25) is 5.03 Å². The first-order chi connectivity index (χ1) is 5.55. The van der Waals surface area contributed by atoms with E-state index >= 15 is 0 Å². The fourth-order valence-electron chi connectivity index (χ4n) is 0.580. The molecule has 0 fully saturated rings. The van der Waals surface area contributed by atoms with Crippen LogP contribution in [0.15, 0.2) is 17.4 Å². The number of rotatable bonds is 1. The fourth-order valence-corrected chi connectivity index (χ4v) is 1.44. The van der Waals surface area contributed by atoms with Gasteiger partial charge in [0.15, 0.2) is 5.69 Å². The lowest BCUT2D eigenvalue weighted by molar-refractivity contribution is 0.605. The predicted molar refractivity (Wildman–Crippen MR) is 39.8 cm³/mol. The monoisotopic (exact) mass is 203 g/mol. The van der Waals surface area contributed by atoms with Gasteiger partial charge in [-0.3, -0.25) is 0 Å². The molecule has 0 spiro atoms.